The third kappa shape index (κ3) is 3.38. The Morgan fingerprint density at radius 3 is 2.34 bits per heavy atom. The maximum absolute atomic E-state index is 12.6. The molecule has 2 N–H and O–H groups in total. The number of ether oxygens (including phenoxy) is 2. The van der Waals surface area contributed by atoms with Crippen LogP contribution < -0.4 is 16.1 Å². The van der Waals surface area contributed by atoms with Gasteiger partial charge in [0.2, 0.25) is 5.88 Å². The average molecular weight is 439 g/mol. The summed E-state index contributed by atoms with van der Waals surface area (Å²) in [6.45, 7) is 3.27. The number of hydrazine groups is 1. The van der Waals surface area contributed by atoms with E-state index >= 15 is 0 Å². The molecule has 1 aromatic carbocycles. The maximum atomic E-state index is 12.6. The van der Waals surface area contributed by atoms with Crippen molar-refractivity contribution in [2.75, 3.05) is 14.2 Å². The van der Waals surface area contributed by atoms with Crippen LogP contribution in [0.2, 0.25) is 0 Å². The molecule has 0 saturated carbocycles. The van der Waals surface area contributed by atoms with E-state index in [1.807, 2.05) is 0 Å². The number of rotatable bonds is 5. The number of esters is 1. The molecule has 0 fully saturated rings. The second-order valence-corrected chi connectivity index (χ2v) is 6.82. The number of imide groups is 1. The van der Waals surface area contributed by atoms with Crippen LogP contribution in [-0.4, -0.2) is 41.6 Å². The number of benzene rings is 1. The van der Waals surface area contributed by atoms with Gasteiger partial charge in [-0.2, -0.15) is 0 Å². The second kappa shape index (κ2) is 8.55. The van der Waals surface area contributed by atoms with Gasteiger partial charge in [-0.25, -0.2) is 15.6 Å². The summed E-state index contributed by atoms with van der Waals surface area (Å²) in [5.74, 6) is 3.46. The monoisotopic (exact) mass is 439 g/mol. The second-order valence-electron chi connectivity index (χ2n) is 6.82. The van der Waals surface area contributed by atoms with Crippen LogP contribution in [0.25, 0.3) is 6.08 Å². The molecular formula is C21H21N5O6. The highest BCUT2D eigenvalue weighted by atomic mass is 16.5. The Morgan fingerprint density at radius 2 is 1.75 bits per heavy atom. The van der Waals surface area contributed by atoms with Gasteiger partial charge in [0, 0.05) is 12.6 Å². The van der Waals surface area contributed by atoms with Crippen LogP contribution in [0.3, 0.4) is 0 Å². The smallest absolute Gasteiger partial charge is 0.343 e. The highest BCUT2D eigenvalue weighted by Gasteiger charge is 2.38. The molecule has 1 aliphatic heterocycles. The summed E-state index contributed by atoms with van der Waals surface area (Å²) >= 11 is 0. The molecule has 0 atom stereocenters. The first-order valence-electron chi connectivity index (χ1n) is 9.40. The van der Waals surface area contributed by atoms with Crippen molar-refractivity contribution in [3.05, 3.63) is 56.4 Å². The number of pyridine rings is 1. The summed E-state index contributed by atoms with van der Waals surface area (Å²) in [5.41, 5.74) is 0.149. The zero-order valence-corrected chi connectivity index (χ0v) is 18.1. The Morgan fingerprint density at radius 1 is 1.09 bits per heavy atom. The van der Waals surface area contributed by atoms with E-state index in [-0.39, 0.29) is 39.5 Å². The number of aromatic nitrogens is 1. The predicted molar refractivity (Wildman–Crippen MR) is 114 cm³/mol. The van der Waals surface area contributed by atoms with E-state index in [1.54, 1.807) is 25.1 Å². The van der Waals surface area contributed by atoms with Gasteiger partial charge in [-0.1, -0.05) is 18.2 Å². The fourth-order valence-electron chi connectivity index (χ4n) is 3.45. The van der Waals surface area contributed by atoms with Crippen LogP contribution in [0.15, 0.2) is 33.2 Å². The summed E-state index contributed by atoms with van der Waals surface area (Å²) < 4.78 is 11.1. The van der Waals surface area contributed by atoms with Crippen LogP contribution >= 0.6 is 0 Å². The first-order valence-corrected chi connectivity index (χ1v) is 9.40. The van der Waals surface area contributed by atoms with Crippen molar-refractivity contribution in [1.29, 1.82) is 0 Å². The van der Waals surface area contributed by atoms with E-state index in [0.29, 0.717) is 10.6 Å². The third-order valence-electron chi connectivity index (χ3n) is 5.02. The van der Waals surface area contributed by atoms with E-state index in [0.717, 1.165) is 11.7 Å². The zero-order chi connectivity index (χ0) is 23.7. The van der Waals surface area contributed by atoms with Gasteiger partial charge in [-0.3, -0.25) is 19.0 Å². The number of methoxy groups -OCH3 is 2. The van der Waals surface area contributed by atoms with Gasteiger partial charge >= 0.3 is 5.97 Å². The molecular weight excluding hydrogens is 418 g/mol. The summed E-state index contributed by atoms with van der Waals surface area (Å²) in [6, 6.07) is 3.13. The number of hydrogen-bond donors (Lipinski definition) is 1. The van der Waals surface area contributed by atoms with E-state index in [9.17, 15) is 19.2 Å². The van der Waals surface area contributed by atoms with Gasteiger partial charge in [0.05, 0.1) is 31.0 Å². The molecule has 3 rings (SSSR count). The van der Waals surface area contributed by atoms with E-state index in [4.69, 9.17) is 15.3 Å². The quantitative estimate of drug-likeness (QED) is 0.247. The third-order valence-corrected chi connectivity index (χ3v) is 5.02. The molecule has 166 valence electrons. The van der Waals surface area contributed by atoms with Gasteiger partial charge in [0.1, 0.15) is 11.3 Å². The number of nitrogens with two attached hydrogens (primary N) is 1. The van der Waals surface area contributed by atoms with Gasteiger partial charge in [-0.15, -0.1) is 10.2 Å². The fourth-order valence-corrected chi connectivity index (χ4v) is 3.45. The number of azo groups is 1. The van der Waals surface area contributed by atoms with Crippen LogP contribution in [-0.2, 0) is 11.8 Å². The van der Waals surface area contributed by atoms with Crippen molar-refractivity contribution < 1.29 is 23.9 Å². The van der Waals surface area contributed by atoms with Gasteiger partial charge < -0.3 is 9.47 Å². The van der Waals surface area contributed by atoms with Gasteiger partial charge in [0.15, 0.2) is 0 Å². The van der Waals surface area contributed by atoms with Crippen molar-refractivity contribution in [2.24, 2.45) is 23.1 Å². The topological polar surface area (TPSA) is 146 Å². The van der Waals surface area contributed by atoms with Crippen LogP contribution in [0.1, 0.15) is 49.1 Å². The summed E-state index contributed by atoms with van der Waals surface area (Å²) in [5, 5.41) is 8.81. The molecule has 11 heteroatoms. The highest BCUT2D eigenvalue weighted by Crippen LogP contribution is 2.37. The first kappa shape index (κ1) is 22.6. The molecule has 0 bridgehead atoms. The number of carbonyl (C=O) groups is 3. The normalized spacial score (nSPS) is 13.4. The lowest BCUT2D eigenvalue weighted by molar-refractivity contribution is 0.0594. The Bertz CT molecular complexity index is 1270. The summed E-state index contributed by atoms with van der Waals surface area (Å²) in [7, 11) is 3.90. The fraction of sp³-hybridized carbons (Fsp3) is 0.238. The Kier molecular flexibility index (Phi) is 6.03. The summed E-state index contributed by atoms with van der Waals surface area (Å²) in [4.78, 5) is 49.8. The van der Waals surface area contributed by atoms with Crippen molar-refractivity contribution in [3.63, 3.8) is 0 Å². The molecule has 1 aliphatic rings. The van der Waals surface area contributed by atoms with Crippen LogP contribution in [0.5, 0.6) is 5.88 Å². The van der Waals surface area contributed by atoms with Crippen molar-refractivity contribution in [1.82, 2.24) is 9.58 Å². The number of amides is 2. The Balaban J connectivity index is 2.25. The van der Waals surface area contributed by atoms with Crippen molar-refractivity contribution in [3.8, 4) is 5.88 Å². The predicted octanol–water partition coefficient (Wildman–Crippen LogP) is 2.41. The van der Waals surface area contributed by atoms with Crippen LogP contribution in [0.4, 0.5) is 11.4 Å². The molecule has 2 amide bonds. The first-order chi connectivity index (χ1) is 15.2. The SMILES string of the molecule is C/C=C/c1ccc(N=Nc2c(C)c(C(=O)OC)c(=O)n(C)c2OC)c2c1C(=O)N(N)C2=O. The lowest BCUT2D eigenvalue weighted by atomic mass is 10.0. The number of nitrogens with zero attached hydrogens (tertiary/aromatic N) is 4. The average Bonchev–Trinajstić information content (AvgIpc) is 3.01. The minimum atomic E-state index is -0.835. The van der Waals surface area contributed by atoms with Crippen molar-refractivity contribution in [2.45, 2.75) is 13.8 Å². The van der Waals surface area contributed by atoms with Gasteiger partial charge in [0.25, 0.3) is 17.4 Å². The molecule has 2 heterocycles. The Hall–Kier alpha value is -4.12. The van der Waals surface area contributed by atoms with E-state index in [2.05, 4.69) is 10.2 Å². The lowest BCUT2D eigenvalue weighted by Crippen LogP contribution is -2.36. The van der Waals surface area contributed by atoms with Crippen molar-refractivity contribution >= 4 is 35.2 Å². The maximum Gasteiger partial charge on any atom is 0.343 e. The van der Waals surface area contributed by atoms with E-state index in [1.165, 1.54) is 27.1 Å². The molecule has 2 aromatic rings. The highest BCUT2D eigenvalue weighted by molar-refractivity contribution is 6.24. The molecule has 0 radical (unpaired) electrons. The number of carbonyl (C=O) groups excluding carboxylic acids is 3. The van der Waals surface area contributed by atoms with E-state index < -0.39 is 23.3 Å². The lowest BCUT2D eigenvalue weighted by Gasteiger charge is -2.14. The minimum absolute atomic E-state index is 0.00600. The summed E-state index contributed by atoms with van der Waals surface area (Å²) in [6.07, 6.45) is 3.40. The molecule has 0 unspecified atom stereocenters. The number of hydrogen-bond acceptors (Lipinski definition) is 9. The zero-order valence-electron chi connectivity index (χ0n) is 18.1. The standard InChI is InChI=1S/C21H21N5O6/c1-6-7-11-8-9-12(15-14(11)18(28)26(22)19(15)29)23-24-16-10(2)13(21(30)32-5)17(27)25(3)20(16)31-4/h6-9H,22H2,1-5H3/b7-6+,24-23?. The molecule has 11 nitrogen and oxygen atoms in total. The number of allylic oxidation sites excluding steroid dienone is 1. The molecule has 0 saturated heterocycles. The molecule has 0 aliphatic carbocycles. The molecule has 32 heavy (non-hydrogen) atoms. The van der Waals surface area contributed by atoms with Crippen LogP contribution in [0, 0.1) is 6.92 Å². The number of fused-ring (bicyclic) bond motifs is 1. The molecule has 1 aromatic heterocycles. The van der Waals surface area contributed by atoms with Gasteiger partial charge in [-0.05, 0) is 25.5 Å². The largest absolute Gasteiger partial charge is 0.481 e. The Labute approximate surface area is 182 Å². The molecule has 0 spiro atoms. The minimum Gasteiger partial charge on any atom is -0.481 e.